The Hall–Kier alpha value is -1.51. The Bertz CT molecular complexity index is 473. The second kappa shape index (κ2) is 4.30. The Labute approximate surface area is 107 Å². The number of carbonyl (C=O) groups is 1. The number of aryl methyl sites for hydroxylation is 1. The topological polar surface area (TPSA) is 46.5 Å². The van der Waals surface area contributed by atoms with E-state index in [0.717, 1.165) is 49.8 Å². The summed E-state index contributed by atoms with van der Waals surface area (Å²) in [5.74, 6) is 0.163. The number of para-hydroxylation sites is 1. The predicted octanol–water partition coefficient (Wildman–Crippen LogP) is 2.91. The summed E-state index contributed by atoms with van der Waals surface area (Å²) in [6.45, 7) is 0.708. The molecule has 1 aliphatic heterocycles. The number of benzene rings is 1. The van der Waals surface area contributed by atoms with E-state index >= 15 is 0 Å². The average molecular weight is 246 g/mol. The van der Waals surface area contributed by atoms with Gasteiger partial charge in [-0.05, 0) is 31.2 Å². The highest BCUT2D eigenvalue weighted by Gasteiger charge is 2.45. The van der Waals surface area contributed by atoms with Crippen molar-refractivity contribution < 1.29 is 14.6 Å². The monoisotopic (exact) mass is 246 g/mol. The highest BCUT2D eigenvalue weighted by Crippen LogP contribution is 2.46. The first-order valence-electron chi connectivity index (χ1n) is 6.73. The Kier molecular flexibility index (Phi) is 2.77. The number of carboxylic acid groups (broad SMARTS) is 1. The number of fused-ring (bicyclic) bond motifs is 1. The van der Waals surface area contributed by atoms with Crippen LogP contribution in [-0.4, -0.2) is 17.7 Å². The first kappa shape index (κ1) is 11.6. The number of hydrogen-bond acceptors (Lipinski definition) is 2. The molecule has 1 aromatic rings. The predicted molar refractivity (Wildman–Crippen MR) is 68.0 cm³/mol. The van der Waals surface area contributed by atoms with Crippen LogP contribution < -0.4 is 4.74 Å². The molecule has 2 aliphatic rings. The SMILES string of the molecule is O=C(O)C1(c2cccc3c2OCCC3)CCCC1. The van der Waals surface area contributed by atoms with Gasteiger partial charge in [-0.1, -0.05) is 31.0 Å². The zero-order valence-electron chi connectivity index (χ0n) is 10.4. The molecule has 96 valence electrons. The number of carboxylic acids is 1. The summed E-state index contributed by atoms with van der Waals surface area (Å²) in [7, 11) is 0. The highest BCUT2D eigenvalue weighted by molar-refractivity contribution is 5.83. The van der Waals surface area contributed by atoms with Crippen molar-refractivity contribution in [3.05, 3.63) is 29.3 Å². The minimum atomic E-state index is -0.706. The lowest BCUT2D eigenvalue weighted by Crippen LogP contribution is -2.33. The van der Waals surface area contributed by atoms with E-state index in [2.05, 4.69) is 6.07 Å². The summed E-state index contributed by atoms with van der Waals surface area (Å²) >= 11 is 0. The van der Waals surface area contributed by atoms with Gasteiger partial charge in [0.1, 0.15) is 5.75 Å². The van der Waals surface area contributed by atoms with Crippen molar-refractivity contribution in [1.29, 1.82) is 0 Å². The van der Waals surface area contributed by atoms with E-state index in [1.807, 2.05) is 12.1 Å². The maximum Gasteiger partial charge on any atom is 0.314 e. The Morgan fingerprint density at radius 3 is 2.72 bits per heavy atom. The van der Waals surface area contributed by atoms with Crippen LogP contribution in [0.2, 0.25) is 0 Å². The standard InChI is InChI=1S/C15H18O3/c16-14(17)15(8-1-2-9-15)12-7-3-5-11-6-4-10-18-13(11)12/h3,5,7H,1-2,4,6,8-10H2,(H,16,17). The van der Waals surface area contributed by atoms with E-state index in [1.54, 1.807) is 0 Å². The number of hydrogen-bond donors (Lipinski definition) is 1. The van der Waals surface area contributed by atoms with Crippen LogP contribution in [0.4, 0.5) is 0 Å². The molecule has 0 spiro atoms. The van der Waals surface area contributed by atoms with Crippen molar-refractivity contribution in [1.82, 2.24) is 0 Å². The van der Waals surface area contributed by atoms with Crippen molar-refractivity contribution >= 4 is 5.97 Å². The summed E-state index contributed by atoms with van der Waals surface area (Å²) < 4.78 is 5.78. The van der Waals surface area contributed by atoms with Crippen LogP contribution in [-0.2, 0) is 16.6 Å². The number of rotatable bonds is 2. The summed E-state index contributed by atoms with van der Waals surface area (Å²) in [5.41, 5.74) is 1.37. The molecule has 1 aromatic carbocycles. The van der Waals surface area contributed by atoms with Gasteiger partial charge in [0, 0.05) is 5.56 Å². The molecule has 1 heterocycles. The van der Waals surface area contributed by atoms with Gasteiger partial charge < -0.3 is 9.84 Å². The van der Waals surface area contributed by atoms with Gasteiger partial charge in [0.15, 0.2) is 0 Å². The van der Waals surface area contributed by atoms with Crippen LogP contribution in [0, 0.1) is 0 Å². The molecule has 1 saturated carbocycles. The Balaban J connectivity index is 2.13. The highest BCUT2D eigenvalue weighted by atomic mass is 16.5. The van der Waals surface area contributed by atoms with Crippen LogP contribution in [0.5, 0.6) is 5.75 Å². The summed E-state index contributed by atoms with van der Waals surface area (Å²) in [4.78, 5) is 11.8. The second-order valence-electron chi connectivity index (χ2n) is 5.34. The first-order valence-corrected chi connectivity index (χ1v) is 6.73. The smallest absolute Gasteiger partial charge is 0.314 e. The molecule has 1 fully saturated rings. The van der Waals surface area contributed by atoms with Gasteiger partial charge >= 0.3 is 5.97 Å². The van der Waals surface area contributed by atoms with Gasteiger partial charge in [-0.25, -0.2) is 0 Å². The number of aliphatic carboxylic acids is 1. The van der Waals surface area contributed by atoms with Crippen molar-refractivity contribution in [3.8, 4) is 5.75 Å². The normalized spacial score (nSPS) is 21.1. The molecular weight excluding hydrogens is 228 g/mol. The number of ether oxygens (including phenoxy) is 1. The largest absolute Gasteiger partial charge is 0.493 e. The molecule has 1 N–H and O–H groups in total. The van der Waals surface area contributed by atoms with E-state index in [0.29, 0.717) is 6.61 Å². The van der Waals surface area contributed by atoms with E-state index < -0.39 is 11.4 Å². The molecule has 3 heteroatoms. The summed E-state index contributed by atoms with van der Waals surface area (Å²) in [5, 5.41) is 9.66. The van der Waals surface area contributed by atoms with Gasteiger partial charge in [-0.3, -0.25) is 4.79 Å². The third-order valence-corrected chi connectivity index (χ3v) is 4.32. The molecule has 0 saturated heterocycles. The van der Waals surface area contributed by atoms with Gasteiger partial charge in [0.25, 0.3) is 0 Å². The lowest BCUT2D eigenvalue weighted by atomic mass is 9.77. The van der Waals surface area contributed by atoms with Gasteiger partial charge in [-0.15, -0.1) is 0 Å². The van der Waals surface area contributed by atoms with Crippen molar-refractivity contribution in [3.63, 3.8) is 0 Å². The minimum absolute atomic E-state index is 0.692. The van der Waals surface area contributed by atoms with Crippen LogP contribution in [0.25, 0.3) is 0 Å². The minimum Gasteiger partial charge on any atom is -0.493 e. The van der Waals surface area contributed by atoms with E-state index in [1.165, 1.54) is 5.56 Å². The average Bonchev–Trinajstić information content (AvgIpc) is 2.88. The van der Waals surface area contributed by atoms with Crippen molar-refractivity contribution in [2.24, 2.45) is 0 Å². The third kappa shape index (κ3) is 1.61. The molecule has 0 atom stereocenters. The molecule has 0 aromatic heterocycles. The molecule has 0 unspecified atom stereocenters. The lowest BCUT2D eigenvalue weighted by Gasteiger charge is -2.29. The fourth-order valence-electron chi connectivity index (χ4n) is 3.34. The zero-order valence-corrected chi connectivity index (χ0v) is 10.4. The van der Waals surface area contributed by atoms with Gasteiger partial charge in [0.2, 0.25) is 0 Å². The second-order valence-corrected chi connectivity index (χ2v) is 5.34. The van der Waals surface area contributed by atoms with Gasteiger partial charge in [0.05, 0.1) is 12.0 Å². The molecule has 0 bridgehead atoms. The maximum atomic E-state index is 11.8. The Morgan fingerprint density at radius 1 is 1.22 bits per heavy atom. The van der Waals surface area contributed by atoms with E-state index in [-0.39, 0.29) is 0 Å². The molecule has 18 heavy (non-hydrogen) atoms. The maximum absolute atomic E-state index is 11.8. The van der Waals surface area contributed by atoms with Crippen molar-refractivity contribution in [2.45, 2.75) is 43.9 Å². The summed E-state index contributed by atoms with van der Waals surface area (Å²) in [6, 6.07) is 5.98. The molecule has 3 nitrogen and oxygen atoms in total. The zero-order chi connectivity index (χ0) is 12.6. The molecule has 0 amide bonds. The molecule has 0 radical (unpaired) electrons. The lowest BCUT2D eigenvalue weighted by molar-refractivity contribution is -0.143. The third-order valence-electron chi connectivity index (χ3n) is 4.32. The van der Waals surface area contributed by atoms with Crippen LogP contribution in [0.1, 0.15) is 43.2 Å². The van der Waals surface area contributed by atoms with Crippen LogP contribution in [0.3, 0.4) is 0 Å². The fourth-order valence-corrected chi connectivity index (χ4v) is 3.34. The molecule has 3 rings (SSSR count). The van der Waals surface area contributed by atoms with Crippen LogP contribution >= 0.6 is 0 Å². The van der Waals surface area contributed by atoms with E-state index in [9.17, 15) is 9.90 Å². The molecular formula is C15H18O3. The van der Waals surface area contributed by atoms with Crippen LogP contribution in [0.15, 0.2) is 18.2 Å². The van der Waals surface area contributed by atoms with E-state index in [4.69, 9.17) is 4.74 Å². The first-order chi connectivity index (χ1) is 8.74. The quantitative estimate of drug-likeness (QED) is 0.872. The van der Waals surface area contributed by atoms with Gasteiger partial charge in [-0.2, -0.15) is 0 Å². The fraction of sp³-hybridized carbons (Fsp3) is 0.533. The van der Waals surface area contributed by atoms with Crippen molar-refractivity contribution in [2.75, 3.05) is 6.61 Å². The Morgan fingerprint density at radius 2 is 2.00 bits per heavy atom. The summed E-state index contributed by atoms with van der Waals surface area (Å²) in [6.07, 6.45) is 5.49. The molecule has 1 aliphatic carbocycles.